The lowest BCUT2D eigenvalue weighted by Gasteiger charge is -2.13. The SMILES string of the molecule is COc1cc(/C=N/NS(=O)(=O)c2ccc(F)cc2)ccc1OC(C)C. The van der Waals surface area contributed by atoms with Crippen LogP contribution in [0.5, 0.6) is 11.5 Å². The first-order chi connectivity index (χ1) is 11.8. The van der Waals surface area contributed by atoms with Crippen molar-refractivity contribution >= 4 is 16.2 Å². The molecule has 2 rings (SSSR count). The number of rotatable bonds is 7. The van der Waals surface area contributed by atoms with Gasteiger partial charge in [0.1, 0.15) is 5.82 Å². The molecule has 0 heterocycles. The maximum Gasteiger partial charge on any atom is 0.276 e. The van der Waals surface area contributed by atoms with Crippen molar-refractivity contribution in [1.82, 2.24) is 4.83 Å². The van der Waals surface area contributed by atoms with Gasteiger partial charge in [0, 0.05) is 0 Å². The lowest BCUT2D eigenvalue weighted by Crippen LogP contribution is -2.18. The molecule has 0 amide bonds. The third-order valence-corrected chi connectivity index (χ3v) is 4.30. The summed E-state index contributed by atoms with van der Waals surface area (Å²) in [7, 11) is -2.34. The standard InChI is InChI=1S/C17H19FN2O4S/c1-12(2)24-16-9-4-13(10-17(16)23-3)11-19-20-25(21,22)15-7-5-14(18)6-8-15/h4-12,20H,1-3H3/b19-11+. The Bertz CT molecular complexity index is 849. The zero-order chi connectivity index (χ0) is 18.4. The average molecular weight is 366 g/mol. The molecule has 0 bridgehead atoms. The van der Waals surface area contributed by atoms with Crippen molar-refractivity contribution in [1.29, 1.82) is 0 Å². The van der Waals surface area contributed by atoms with Gasteiger partial charge in [0.25, 0.3) is 10.0 Å². The van der Waals surface area contributed by atoms with E-state index < -0.39 is 15.8 Å². The quantitative estimate of drug-likeness (QED) is 0.604. The molecule has 0 saturated carbocycles. The number of halogens is 1. The van der Waals surface area contributed by atoms with E-state index in [-0.39, 0.29) is 11.0 Å². The van der Waals surface area contributed by atoms with Gasteiger partial charge < -0.3 is 9.47 Å². The highest BCUT2D eigenvalue weighted by Gasteiger charge is 2.12. The van der Waals surface area contributed by atoms with E-state index in [2.05, 4.69) is 9.93 Å². The summed E-state index contributed by atoms with van der Waals surface area (Å²) in [5.41, 5.74) is 0.620. The number of nitrogens with one attached hydrogen (secondary N) is 1. The van der Waals surface area contributed by atoms with Gasteiger partial charge in [-0.15, -0.1) is 0 Å². The van der Waals surface area contributed by atoms with Gasteiger partial charge in [-0.3, -0.25) is 0 Å². The number of methoxy groups -OCH3 is 1. The van der Waals surface area contributed by atoms with Gasteiger partial charge in [0.2, 0.25) is 0 Å². The largest absolute Gasteiger partial charge is 0.493 e. The normalized spacial score (nSPS) is 11.7. The molecule has 134 valence electrons. The van der Waals surface area contributed by atoms with Crippen molar-refractivity contribution in [3.05, 3.63) is 53.8 Å². The highest BCUT2D eigenvalue weighted by molar-refractivity contribution is 7.89. The van der Waals surface area contributed by atoms with Crippen LogP contribution in [0.3, 0.4) is 0 Å². The highest BCUT2D eigenvalue weighted by Crippen LogP contribution is 2.28. The molecule has 0 fully saturated rings. The summed E-state index contributed by atoms with van der Waals surface area (Å²) in [6, 6.07) is 9.56. The van der Waals surface area contributed by atoms with Gasteiger partial charge in [-0.25, -0.2) is 9.22 Å². The van der Waals surface area contributed by atoms with Crippen LogP contribution in [0.15, 0.2) is 52.5 Å². The summed E-state index contributed by atoms with van der Waals surface area (Å²) < 4.78 is 47.8. The number of benzene rings is 2. The molecule has 0 unspecified atom stereocenters. The summed E-state index contributed by atoms with van der Waals surface area (Å²) >= 11 is 0. The molecular formula is C17H19FN2O4S. The van der Waals surface area contributed by atoms with Crippen LogP contribution in [0.4, 0.5) is 4.39 Å². The first-order valence-electron chi connectivity index (χ1n) is 7.47. The van der Waals surface area contributed by atoms with Gasteiger partial charge in [-0.05, 0) is 61.9 Å². The van der Waals surface area contributed by atoms with Crippen molar-refractivity contribution in [3.8, 4) is 11.5 Å². The van der Waals surface area contributed by atoms with Crippen LogP contribution >= 0.6 is 0 Å². The first kappa shape index (κ1) is 18.7. The molecule has 0 spiro atoms. The van der Waals surface area contributed by atoms with E-state index in [0.29, 0.717) is 17.1 Å². The minimum absolute atomic E-state index is 0.00376. The molecule has 25 heavy (non-hydrogen) atoms. The fourth-order valence-electron chi connectivity index (χ4n) is 1.95. The molecule has 2 aromatic rings. The van der Waals surface area contributed by atoms with Crippen LogP contribution in [-0.2, 0) is 10.0 Å². The molecule has 0 aliphatic heterocycles. The summed E-state index contributed by atoms with van der Waals surface area (Å²) in [4.78, 5) is 2.00. The van der Waals surface area contributed by atoms with Crippen LogP contribution in [-0.4, -0.2) is 27.8 Å². The van der Waals surface area contributed by atoms with E-state index in [1.807, 2.05) is 13.8 Å². The summed E-state index contributed by atoms with van der Waals surface area (Å²) in [5, 5.41) is 3.73. The Morgan fingerprint density at radius 3 is 2.40 bits per heavy atom. The van der Waals surface area contributed by atoms with Gasteiger partial charge in [-0.2, -0.15) is 13.5 Å². The maximum atomic E-state index is 12.9. The van der Waals surface area contributed by atoms with Gasteiger partial charge >= 0.3 is 0 Å². The zero-order valence-electron chi connectivity index (χ0n) is 14.1. The Morgan fingerprint density at radius 2 is 1.80 bits per heavy atom. The van der Waals surface area contributed by atoms with Crippen molar-refractivity contribution in [3.63, 3.8) is 0 Å². The predicted octanol–water partition coefficient (Wildman–Crippen LogP) is 2.93. The monoisotopic (exact) mass is 366 g/mol. The molecule has 6 nitrogen and oxygen atoms in total. The second kappa shape index (κ2) is 7.98. The van der Waals surface area contributed by atoms with E-state index in [0.717, 1.165) is 24.3 Å². The molecule has 2 aromatic carbocycles. The Morgan fingerprint density at radius 1 is 1.12 bits per heavy atom. The van der Waals surface area contributed by atoms with Gasteiger partial charge in [0.05, 0.1) is 24.3 Å². The van der Waals surface area contributed by atoms with Gasteiger partial charge in [0.15, 0.2) is 11.5 Å². The minimum atomic E-state index is -3.86. The van der Waals surface area contributed by atoms with E-state index in [9.17, 15) is 12.8 Å². The lowest BCUT2D eigenvalue weighted by molar-refractivity contribution is 0.230. The number of sulfonamides is 1. The number of hydrogen-bond donors (Lipinski definition) is 1. The van der Waals surface area contributed by atoms with E-state index >= 15 is 0 Å². The van der Waals surface area contributed by atoms with Gasteiger partial charge in [-0.1, -0.05) is 0 Å². The molecular weight excluding hydrogens is 347 g/mol. The molecule has 8 heteroatoms. The summed E-state index contributed by atoms with van der Waals surface area (Å²) in [5.74, 6) is 0.582. The molecule has 0 aromatic heterocycles. The van der Waals surface area contributed by atoms with Crippen LogP contribution in [0, 0.1) is 5.82 Å². The first-order valence-corrected chi connectivity index (χ1v) is 8.95. The van der Waals surface area contributed by atoms with E-state index in [4.69, 9.17) is 9.47 Å². The van der Waals surface area contributed by atoms with Crippen molar-refractivity contribution in [2.24, 2.45) is 5.10 Å². The third kappa shape index (κ3) is 5.18. The maximum absolute atomic E-state index is 12.9. The Hall–Kier alpha value is -2.61. The molecule has 0 aliphatic carbocycles. The Balaban J connectivity index is 2.12. The Kier molecular flexibility index (Phi) is 5.97. The van der Waals surface area contributed by atoms with Crippen molar-refractivity contribution < 1.29 is 22.3 Å². The number of hydrazone groups is 1. The molecule has 1 N–H and O–H groups in total. The van der Waals surface area contributed by atoms with Crippen molar-refractivity contribution in [2.45, 2.75) is 24.8 Å². The zero-order valence-corrected chi connectivity index (χ0v) is 14.9. The molecule has 0 aliphatic rings. The second-order valence-electron chi connectivity index (χ2n) is 5.38. The predicted molar refractivity (Wildman–Crippen MR) is 93.1 cm³/mol. The van der Waals surface area contributed by atoms with Crippen LogP contribution in [0.25, 0.3) is 0 Å². The lowest BCUT2D eigenvalue weighted by atomic mass is 10.2. The number of nitrogens with zero attached hydrogens (tertiary/aromatic N) is 1. The average Bonchev–Trinajstić information content (AvgIpc) is 2.56. The highest BCUT2D eigenvalue weighted by atomic mass is 32.2. The van der Waals surface area contributed by atoms with Crippen LogP contribution < -0.4 is 14.3 Å². The smallest absolute Gasteiger partial charge is 0.276 e. The Labute approximate surface area is 146 Å². The number of hydrogen-bond acceptors (Lipinski definition) is 5. The van der Waals surface area contributed by atoms with Crippen LogP contribution in [0.1, 0.15) is 19.4 Å². The third-order valence-electron chi connectivity index (χ3n) is 3.06. The summed E-state index contributed by atoms with van der Waals surface area (Å²) in [6.45, 7) is 3.80. The topological polar surface area (TPSA) is 77.0 Å². The number of ether oxygens (including phenoxy) is 2. The van der Waals surface area contributed by atoms with E-state index in [1.165, 1.54) is 13.3 Å². The fraction of sp³-hybridized carbons (Fsp3) is 0.235. The van der Waals surface area contributed by atoms with Crippen molar-refractivity contribution in [2.75, 3.05) is 7.11 Å². The van der Waals surface area contributed by atoms with Crippen LogP contribution in [0.2, 0.25) is 0 Å². The molecule has 0 saturated heterocycles. The molecule has 0 radical (unpaired) electrons. The minimum Gasteiger partial charge on any atom is -0.493 e. The fourth-order valence-corrected chi connectivity index (χ4v) is 2.74. The van der Waals surface area contributed by atoms with E-state index in [1.54, 1.807) is 18.2 Å². The summed E-state index contributed by atoms with van der Waals surface area (Å²) in [6.07, 6.45) is 1.33. The second-order valence-corrected chi connectivity index (χ2v) is 7.04. The molecule has 0 atom stereocenters.